The number of carbonyl (C=O) groups excluding carboxylic acids is 1. The molecule has 0 saturated heterocycles. The predicted octanol–water partition coefficient (Wildman–Crippen LogP) is 4.30. The fourth-order valence-electron chi connectivity index (χ4n) is 3.55. The van der Waals surface area contributed by atoms with Crippen LogP contribution >= 0.6 is 0 Å². The van der Waals surface area contributed by atoms with E-state index in [1.54, 1.807) is 0 Å². The minimum absolute atomic E-state index is 0.00587. The van der Waals surface area contributed by atoms with Crippen molar-refractivity contribution >= 4 is 22.6 Å². The number of nitrogens with zero attached hydrogens (tertiary/aromatic N) is 2. The van der Waals surface area contributed by atoms with Gasteiger partial charge in [0.05, 0.1) is 5.52 Å². The van der Waals surface area contributed by atoms with E-state index >= 15 is 0 Å². The van der Waals surface area contributed by atoms with E-state index in [1.807, 2.05) is 49.7 Å². The Bertz CT molecular complexity index is 976. The van der Waals surface area contributed by atoms with E-state index in [-0.39, 0.29) is 12.0 Å². The zero-order valence-corrected chi connectivity index (χ0v) is 15.4. The van der Waals surface area contributed by atoms with Gasteiger partial charge in [-0.25, -0.2) is 4.98 Å². The van der Waals surface area contributed by atoms with Crippen LogP contribution in [0.4, 0.5) is 5.69 Å². The van der Waals surface area contributed by atoms with Crippen molar-refractivity contribution in [3.05, 3.63) is 53.3 Å². The maximum absolute atomic E-state index is 12.0. The second-order valence-electron chi connectivity index (χ2n) is 6.78. The molecule has 1 amide bonds. The van der Waals surface area contributed by atoms with Gasteiger partial charge in [0.1, 0.15) is 17.4 Å². The largest absolute Gasteiger partial charge is 0.483 e. The molecule has 1 atom stereocenters. The highest BCUT2D eigenvalue weighted by Gasteiger charge is 2.28. The Labute approximate surface area is 153 Å². The maximum atomic E-state index is 12.0. The maximum Gasteiger partial charge on any atom is 0.224 e. The quantitative estimate of drug-likeness (QED) is 0.767. The van der Waals surface area contributed by atoms with Crippen LogP contribution in [0.25, 0.3) is 11.0 Å². The zero-order chi connectivity index (χ0) is 18.3. The van der Waals surface area contributed by atoms with E-state index in [4.69, 9.17) is 9.72 Å². The summed E-state index contributed by atoms with van der Waals surface area (Å²) in [7, 11) is 1.99. The number of benzene rings is 2. The molecule has 26 heavy (non-hydrogen) atoms. The Hall–Kier alpha value is -2.82. The Kier molecular flexibility index (Phi) is 4.15. The van der Waals surface area contributed by atoms with Gasteiger partial charge in [0.15, 0.2) is 5.75 Å². The van der Waals surface area contributed by atoms with E-state index in [0.29, 0.717) is 6.42 Å². The van der Waals surface area contributed by atoms with Crippen molar-refractivity contribution in [1.82, 2.24) is 9.55 Å². The molecule has 1 aliphatic heterocycles. The number of aromatic nitrogens is 2. The van der Waals surface area contributed by atoms with Gasteiger partial charge < -0.3 is 14.6 Å². The fourth-order valence-corrected chi connectivity index (χ4v) is 3.55. The van der Waals surface area contributed by atoms with E-state index < -0.39 is 0 Å². The van der Waals surface area contributed by atoms with E-state index in [9.17, 15) is 4.79 Å². The fraction of sp³-hybridized carbons (Fsp3) is 0.333. The normalized spacial score (nSPS) is 16.2. The minimum Gasteiger partial charge on any atom is -0.483 e. The number of anilines is 1. The van der Waals surface area contributed by atoms with Gasteiger partial charge >= 0.3 is 0 Å². The average Bonchev–Trinajstić information content (AvgIpc) is 2.96. The molecule has 1 N–H and O–H groups in total. The molecule has 2 heterocycles. The lowest BCUT2D eigenvalue weighted by atomic mass is 9.95. The van der Waals surface area contributed by atoms with Crippen LogP contribution in [0.3, 0.4) is 0 Å². The molecule has 5 nitrogen and oxygen atoms in total. The van der Waals surface area contributed by atoms with Crippen molar-refractivity contribution in [3.63, 3.8) is 0 Å². The summed E-state index contributed by atoms with van der Waals surface area (Å²) >= 11 is 0. The van der Waals surface area contributed by atoms with Crippen LogP contribution in [-0.4, -0.2) is 15.5 Å². The van der Waals surface area contributed by atoms with Crippen LogP contribution < -0.4 is 10.1 Å². The van der Waals surface area contributed by atoms with Crippen molar-refractivity contribution in [2.75, 3.05) is 5.32 Å². The number of rotatable bonds is 3. The van der Waals surface area contributed by atoms with Crippen LogP contribution in [-0.2, 0) is 18.3 Å². The topological polar surface area (TPSA) is 56.2 Å². The molecular formula is C21H23N3O2. The van der Waals surface area contributed by atoms with Crippen LogP contribution in [0.1, 0.15) is 42.8 Å². The summed E-state index contributed by atoms with van der Waals surface area (Å²) in [6.07, 6.45) is 2.18. The number of nitrogens with one attached hydrogen (secondary N) is 1. The van der Waals surface area contributed by atoms with E-state index in [2.05, 4.69) is 17.4 Å². The molecule has 1 unspecified atom stereocenters. The molecule has 0 spiro atoms. The summed E-state index contributed by atoms with van der Waals surface area (Å²) < 4.78 is 8.46. The summed E-state index contributed by atoms with van der Waals surface area (Å²) in [5.41, 5.74) is 4.90. The van der Waals surface area contributed by atoms with Crippen molar-refractivity contribution in [2.45, 2.75) is 39.2 Å². The Morgan fingerprint density at radius 1 is 1.35 bits per heavy atom. The Morgan fingerprint density at radius 2 is 2.12 bits per heavy atom. The predicted molar refractivity (Wildman–Crippen MR) is 103 cm³/mol. The highest BCUT2D eigenvalue weighted by Crippen LogP contribution is 2.43. The average molecular weight is 349 g/mol. The second kappa shape index (κ2) is 6.48. The number of imidazole rings is 1. The molecule has 134 valence electrons. The number of amides is 1. The molecule has 4 rings (SSSR count). The zero-order valence-electron chi connectivity index (χ0n) is 15.4. The smallest absolute Gasteiger partial charge is 0.224 e. The van der Waals surface area contributed by atoms with Crippen LogP contribution in [0.15, 0.2) is 36.4 Å². The molecule has 3 aromatic rings. The molecule has 5 heteroatoms. The first kappa shape index (κ1) is 16.6. The van der Waals surface area contributed by atoms with Crippen LogP contribution in [0.5, 0.6) is 5.75 Å². The van der Waals surface area contributed by atoms with Crippen molar-refractivity contribution in [3.8, 4) is 5.75 Å². The summed E-state index contributed by atoms with van der Waals surface area (Å²) in [4.78, 5) is 16.7. The van der Waals surface area contributed by atoms with Gasteiger partial charge in [-0.15, -0.1) is 0 Å². The van der Waals surface area contributed by atoms with Gasteiger partial charge in [-0.3, -0.25) is 4.79 Å². The van der Waals surface area contributed by atoms with Crippen LogP contribution in [0, 0.1) is 6.92 Å². The minimum atomic E-state index is 0.00587. The molecular weight excluding hydrogens is 326 g/mol. The standard InChI is InChI=1S/C21H23N3O2/c1-4-19(25)23-16-12-17-20(22-13(2)24(17)3)21-15(16)10-11-18(26-21)14-8-6-5-7-9-14/h5-9,12,18H,4,10-11H2,1-3H3,(H,23,25). The van der Waals surface area contributed by atoms with Crippen LogP contribution in [0.2, 0.25) is 0 Å². The lowest BCUT2D eigenvalue weighted by Crippen LogP contribution is -2.19. The highest BCUT2D eigenvalue weighted by atomic mass is 16.5. The summed E-state index contributed by atoms with van der Waals surface area (Å²) in [6, 6.07) is 12.3. The number of carbonyl (C=O) groups is 1. The number of aryl methyl sites for hydroxylation is 2. The molecule has 0 fully saturated rings. The van der Waals surface area contributed by atoms with Crippen molar-refractivity contribution in [2.24, 2.45) is 7.05 Å². The summed E-state index contributed by atoms with van der Waals surface area (Å²) in [5.74, 6) is 1.74. The Balaban J connectivity index is 1.84. The third-order valence-electron chi connectivity index (χ3n) is 5.14. The number of hydrogen-bond acceptors (Lipinski definition) is 3. The molecule has 0 aliphatic carbocycles. The van der Waals surface area contributed by atoms with Gasteiger partial charge in [-0.1, -0.05) is 37.3 Å². The molecule has 2 aromatic carbocycles. The van der Waals surface area contributed by atoms with Gasteiger partial charge in [0.25, 0.3) is 0 Å². The van der Waals surface area contributed by atoms with Crippen molar-refractivity contribution in [1.29, 1.82) is 0 Å². The van der Waals surface area contributed by atoms with Gasteiger partial charge in [-0.2, -0.15) is 0 Å². The third-order valence-corrected chi connectivity index (χ3v) is 5.14. The van der Waals surface area contributed by atoms with E-state index in [0.717, 1.165) is 46.7 Å². The number of fused-ring (bicyclic) bond motifs is 3. The second-order valence-corrected chi connectivity index (χ2v) is 6.78. The molecule has 1 aliphatic rings. The van der Waals surface area contributed by atoms with Gasteiger partial charge in [-0.05, 0) is 31.4 Å². The first-order chi connectivity index (χ1) is 12.6. The lowest BCUT2D eigenvalue weighted by Gasteiger charge is -2.28. The SMILES string of the molecule is CCC(=O)Nc1cc2c(nc(C)n2C)c2c1CCC(c1ccccc1)O2. The first-order valence-electron chi connectivity index (χ1n) is 9.08. The molecule has 0 bridgehead atoms. The van der Waals surface area contributed by atoms with Gasteiger partial charge in [0, 0.05) is 24.7 Å². The molecule has 0 radical (unpaired) electrons. The molecule has 1 aromatic heterocycles. The number of ether oxygens (including phenoxy) is 1. The van der Waals surface area contributed by atoms with Gasteiger partial charge in [0.2, 0.25) is 5.91 Å². The monoisotopic (exact) mass is 349 g/mol. The highest BCUT2D eigenvalue weighted by molar-refractivity contribution is 5.97. The number of hydrogen-bond donors (Lipinski definition) is 1. The first-order valence-corrected chi connectivity index (χ1v) is 9.08. The Morgan fingerprint density at radius 3 is 2.85 bits per heavy atom. The summed E-state index contributed by atoms with van der Waals surface area (Å²) in [6.45, 7) is 3.84. The summed E-state index contributed by atoms with van der Waals surface area (Å²) in [5, 5.41) is 3.04. The third kappa shape index (κ3) is 2.73. The van der Waals surface area contributed by atoms with E-state index in [1.165, 1.54) is 5.56 Å². The molecule has 0 saturated carbocycles. The lowest BCUT2D eigenvalue weighted by molar-refractivity contribution is -0.115. The van der Waals surface area contributed by atoms with Crippen molar-refractivity contribution < 1.29 is 9.53 Å².